The summed E-state index contributed by atoms with van der Waals surface area (Å²) in [5, 5.41) is 41.4. The van der Waals surface area contributed by atoms with Gasteiger partial charge in [-0.15, -0.1) is 0 Å². The van der Waals surface area contributed by atoms with Crippen LogP contribution in [0.1, 0.15) is 12.5 Å². The van der Waals surface area contributed by atoms with Crippen molar-refractivity contribution in [3.63, 3.8) is 0 Å². The van der Waals surface area contributed by atoms with E-state index < -0.39 is 88.4 Å². The molecule has 0 saturated carbocycles. The molecular weight excluding hydrogens is 560 g/mol. The molecule has 3 aromatic rings. The van der Waals surface area contributed by atoms with Crippen LogP contribution >= 0.6 is 0 Å². The highest BCUT2D eigenvalue weighted by atomic mass is 32.2. The van der Waals surface area contributed by atoms with Crippen molar-refractivity contribution in [2.24, 2.45) is 5.92 Å². The van der Waals surface area contributed by atoms with Gasteiger partial charge in [0.1, 0.15) is 30.2 Å². The largest absolute Gasteiger partial charge is 0.394 e. The van der Waals surface area contributed by atoms with Gasteiger partial charge in [0.25, 0.3) is 11.5 Å². The number of hydrogen-bond donors (Lipinski definition) is 7. The van der Waals surface area contributed by atoms with Crippen LogP contribution in [0.4, 0.5) is 5.82 Å². The molecule has 40 heavy (non-hydrogen) atoms. The summed E-state index contributed by atoms with van der Waals surface area (Å²) in [6.07, 6.45) is -7.83. The number of H-pyrrole nitrogens is 1. The van der Waals surface area contributed by atoms with Crippen LogP contribution in [0.25, 0.3) is 11.2 Å². The van der Waals surface area contributed by atoms with Gasteiger partial charge in [0.2, 0.25) is 10.0 Å². The Morgan fingerprint density at radius 1 is 1.07 bits per heavy atom. The lowest BCUT2D eigenvalue weighted by molar-refractivity contribution is -0.135. The van der Waals surface area contributed by atoms with Gasteiger partial charge in [-0.3, -0.25) is 28.4 Å². The molecule has 3 aromatic heterocycles. The quantitative estimate of drug-likeness (QED) is 0.137. The Labute approximate surface area is 222 Å². The van der Waals surface area contributed by atoms with Crippen molar-refractivity contribution in [3.8, 4) is 0 Å². The summed E-state index contributed by atoms with van der Waals surface area (Å²) in [7, 11) is -4.58. The molecular formula is C20H24N8O11S. The van der Waals surface area contributed by atoms with E-state index in [1.165, 1.54) is 10.9 Å². The highest BCUT2D eigenvalue weighted by Crippen LogP contribution is 2.35. The van der Waals surface area contributed by atoms with E-state index in [-0.39, 0.29) is 17.0 Å². The number of fused-ring (bicyclic) bond motifs is 1. The second-order valence-electron chi connectivity index (χ2n) is 9.18. The monoisotopic (exact) mass is 584 g/mol. The predicted molar refractivity (Wildman–Crippen MR) is 129 cm³/mol. The molecule has 0 unspecified atom stereocenters. The lowest BCUT2D eigenvalue weighted by Crippen LogP contribution is -2.47. The summed E-state index contributed by atoms with van der Waals surface area (Å²) in [6, 6.07) is 0.985. The highest BCUT2D eigenvalue weighted by molar-refractivity contribution is 7.90. The molecule has 20 heteroatoms. The molecule has 2 fully saturated rings. The lowest BCUT2D eigenvalue weighted by Gasteiger charge is -2.20. The molecule has 2 aliphatic heterocycles. The second-order valence-corrected chi connectivity index (χ2v) is 10.9. The van der Waals surface area contributed by atoms with Crippen LogP contribution in [0.2, 0.25) is 0 Å². The SMILES string of the molecule is Nc1ncnc2c1ncn2[C@@H]1O[C@H](C(=O)NS(=O)(=O)C[C@H]2[C@@H](O)[C@H](n3ccc(=O)[nH]c3=O)O[C@@H]2CO)[C@@H](O)[C@H]1O. The highest BCUT2D eigenvalue weighted by Gasteiger charge is 2.50. The summed E-state index contributed by atoms with van der Waals surface area (Å²) in [6.45, 7) is -0.745. The standard InChI is InChI=1S/C20H24N8O11S/c21-15-10-16(23-5-22-15)28(6-24-10)19-13(33)12(32)14(39-19)17(34)26-40(36,37)4-7-8(3-29)38-18(11(7)31)27-2-1-9(30)25-20(27)35/h1-2,5-8,11-14,18-19,29,31-33H,3-4H2,(H,26,34)(H2,21,22,23)(H,25,30,35)/t7-,8-,11-,12+,13-,14+,18-,19-/m1/s1. The number of nitrogens with two attached hydrogens (primary N) is 1. The summed E-state index contributed by atoms with van der Waals surface area (Å²) in [4.78, 5) is 50.1. The van der Waals surface area contributed by atoms with Gasteiger partial charge < -0.3 is 35.6 Å². The number of hydrogen-bond acceptors (Lipinski definition) is 15. The first kappa shape index (κ1) is 27.8. The Bertz CT molecular complexity index is 1660. The minimum Gasteiger partial charge on any atom is -0.394 e. The minimum atomic E-state index is -4.58. The van der Waals surface area contributed by atoms with Crippen molar-refractivity contribution in [1.82, 2.24) is 33.8 Å². The average molecular weight is 585 g/mol. The fourth-order valence-corrected chi connectivity index (χ4v) is 6.13. The van der Waals surface area contributed by atoms with Gasteiger partial charge in [-0.2, -0.15) is 0 Å². The van der Waals surface area contributed by atoms with Gasteiger partial charge >= 0.3 is 5.69 Å². The third kappa shape index (κ3) is 4.85. The predicted octanol–water partition coefficient (Wildman–Crippen LogP) is -5.11. The molecule has 2 saturated heterocycles. The molecule has 8 atom stereocenters. The minimum absolute atomic E-state index is 0.0316. The number of anilines is 1. The number of amides is 1. The summed E-state index contributed by atoms with van der Waals surface area (Å²) >= 11 is 0. The van der Waals surface area contributed by atoms with Gasteiger partial charge in [-0.1, -0.05) is 0 Å². The molecule has 8 N–H and O–H groups in total. The fourth-order valence-electron chi connectivity index (χ4n) is 4.70. The molecule has 0 radical (unpaired) electrons. The second kappa shape index (κ2) is 10.3. The van der Waals surface area contributed by atoms with Crippen LogP contribution in [0.5, 0.6) is 0 Å². The number of nitrogens with one attached hydrogen (secondary N) is 2. The Balaban J connectivity index is 1.30. The van der Waals surface area contributed by atoms with Crippen LogP contribution < -0.4 is 21.7 Å². The number of aliphatic hydroxyl groups excluding tert-OH is 4. The van der Waals surface area contributed by atoms with Crippen LogP contribution in [0, 0.1) is 5.92 Å². The Hall–Kier alpha value is -3.79. The van der Waals surface area contributed by atoms with Crippen molar-refractivity contribution in [1.29, 1.82) is 0 Å². The van der Waals surface area contributed by atoms with Crippen molar-refractivity contribution >= 4 is 32.9 Å². The number of ether oxygens (including phenoxy) is 2. The van der Waals surface area contributed by atoms with Crippen molar-refractivity contribution in [2.75, 3.05) is 18.1 Å². The number of sulfonamides is 1. The lowest BCUT2D eigenvalue weighted by atomic mass is 10.0. The zero-order chi connectivity index (χ0) is 28.9. The maximum absolute atomic E-state index is 12.9. The zero-order valence-electron chi connectivity index (χ0n) is 20.2. The van der Waals surface area contributed by atoms with Gasteiger partial charge in [0.05, 0.1) is 24.8 Å². The van der Waals surface area contributed by atoms with Gasteiger partial charge in [-0.25, -0.2) is 28.2 Å². The molecule has 0 aliphatic carbocycles. The van der Waals surface area contributed by atoms with Crippen LogP contribution in [-0.2, 0) is 24.3 Å². The fraction of sp³-hybridized carbons (Fsp3) is 0.500. The Morgan fingerprint density at radius 3 is 2.50 bits per heavy atom. The number of carbonyl (C=O) groups excluding carboxylic acids is 1. The number of aromatic nitrogens is 6. The Morgan fingerprint density at radius 2 is 1.80 bits per heavy atom. The van der Waals surface area contributed by atoms with E-state index in [0.29, 0.717) is 0 Å². The number of imidazole rings is 1. The van der Waals surface area contributed by atoms with Gasteiger partial charge in [0, 0.05) is 18.2 Å². The molecule has 2 aliphatic rings. The third-order valence-corrected chi connectivity index (χ3v) is 7.99. The summed E-state index contributed by atoms with van der Waals surface area (Å²) in [5.41, 5.74) is 4.38. The molecule has 1 amide bonds. The van der Waals surface area contributed by atoms with Crippen LogP contribution in [-0.4, -0.2) is 107 Å². The van der Waals surface area contributed by atoms with E-state index in [9.17, 15) is 43.2 Å². The van der Waals surface area contributed by atoms with E-state index in [0.717, 1.165) is 23.2 Å². The van der Waals surface area contributed by atoms with Crippen LogP contribution in [0.15, 0.2) is 34.5 Å². The number of carbonyl (C=O) groups is 1. The molecule has 19 nitrogen and oxygen atoms in total. The molecule has 0 bridgehead atoms. The molecule has 5 heterocycles. The van der Waals surface area contributed by atoms with Crippen molar-refractivity contribution in [2.45, 2.75) is 43.0 Å². The number of nitrogen functional groups attached to an aromatic ring is 1. The normalized spacial score (nSPS) is 30.6. The molecule has 0 aromatic carbocycles. The molecule has 0 spiro atoms. The van der Waals surface area contributed by atoms with Gasteiger partial charge in [-0.05, 0) is 0 Å². The van der Waals surface area contributed by atoms with E-state index in [1.54, 1.807) is 4.72 Å². The average Bonchev–Trinajstić information content (AvgIpc) is 3.54. The van der Waals surface area contributed by atoms with E-state index in [4.69, 9.17) is 15.2 Å². The van der Waals surface area contributed by atoms with E-state index >= 15 is 0 Å². The zero-order valence-corrected chi connectivity index (χ0v) is 21.0. The summed E-state index contributed by atoms with van der Waals surface area (Å²) in [5.74, 6) is -3.56. The van der Waals surface area contributed by atoms with Crippen LogP contribution in [0.3, 0.4) is 0 Å². The molecule has 5 rings (SSSR count). The first-order valence-corrected chi connectivity index (χ1v) is 13.3. The topological polar surface area (TPSA) is 287 Å². The first-order valence-electron chi connectivity index (χ1n) is 11.7. The summed E-state index contributed by atoms with van der Waals surface area (Å²) < 4.78 is 40.5. The maximum atomic E-state index is 12.9. The number of aliphatic hydroxyl groups is 4. The third-order valence-electron chi connectivity index (χ3n) is 6.65. The maximum Gasteiger partial charge on any atom is 0.330 e. The Kier molecular flexibility index (Phi) is 7.16. The number of rotatable bonds is 7. The number of aromatic amines is 1. The van der Waals surface area contributed by atoms with E-state index in [2.05, 4.69) is 15.0 Å². The first-order chi connectivity index (χ1) is 18.9. The smallest absolute Gasteiger partial charge is 0.330 e. The van der Waals surface area contributed by atoms with E-state index in [1.807, 2.05) is 4.98 Å². The van der Waals surface area contributed by atoms with Crippen molar-refractivity contribution < 1.29 is 43.1 Å². The molecule has 216 valence electrons. The van der Waals surface area contributed by atoms with Gasteiger partial charge in [0.15, 0.2) is 30.0 Å². The number of nitrogens with zero attached hydrogens (tertiary/aromatic N) is 5. The van der Waals surface area contributed by atoms with Crippen molar-refractivity contribution in [3.05, 3.63) is 45.8 Å².